The first-order valence-corrected chi connectivity index (χ1v) is 31.7. The van der Waals surface area contributed by atoms with E-state index >= 15 is 0 Å². The van der Waals surface area contributed by atoms with E-state index in [9.17, 15) is 62.3 Å². The minimum absolute atomic E-state index is 0.0570. The smallest absolute Gasteiger partial charge is 0.243 e. The topological polar surface area (TPSA) is 522 Å². The minimum atomic E-state index is -1.29. The highest BCUT2D eigenvalue weighted by molar-refractivity contribution is 5.99. The van der Waals surface area contributed by atoms with Crippen LogP contribution in [-0.2, 0) is 62.3 Å². The molecule has 13 amide bonds. The van der Waals surface area contributed by atoms with Gasteiger partial charge >= 0.3 is 0 Å². The van der Waals surface area contributed by atoms with E-state index in [1.165, 1.54) is 34.6 Å². The number of hydrogen-bond acceptors (Lipinski definition) is 18. The molecule has 0 spiro atoms. The van der Waals surface area contributed by atoms with Gasteiger partial charge in [-0.1, -0.05) is 41.5 Å². The largest absolute Gasteiger partial charge is 0.368 e. The quantitative estimate of drug-likeness (QED) is 0.0258. The number of nitrogens with one attached hydrogen (secondary N) is 12. The highest BCUT2D eigenvalue weighted by atomic mass is 16.2. The molecular weight excluding hydrogens is 1170 g/mol. The van der Waals surface area contributed by atoms with Gasteiger partial charge in [0, 0.05) is 0 Å². The van der Waals surface area contributed by atoms with Crippen molar-refractivity contribution in [2.75, 3.05) is 32.7 Å². The number of carbonyl (C=O) groups is 13. The molecule has 0 saturated heterocycles. The van der Waals surface area contributed by atoms with E-state index in [0.29, 0.717) is 64.5 Å². The van der Waals surface area contributed by atoms with Crippen molar-refractivity contribution in [3.63, 3.8) is 0 Å². The Kier molecular flexibility index (Phi) is 41.6. The molecule has 0 aromatic rings. The molecular formula is C59H112N18O13. The number of hydrogen-bond donors (Lipinski definition) is 18. The van der Waals surface area contributed by atoms with Crippen LogP contribution in [0.3, 0.4) is 0 Å². The molecule has 24 N–H and O–H groups in total. The van der Waals surface area contributed by atoms with Crippen LogP contribution in [0.5, 0.6) is 0 Å². The lowest BCUT2D eigenvalue weighted by Gasteiger charge is -2.28. The molecule has 12 atom stereocenters. The predicted octanol–water partition coefficient (Wildman–Crippen LogP) is -4.00. The van der Waals surface area contributed by atoms with Gasteiger partial charge in [0.25, 0.3) is 0 Å². The molecule has 0 bridgehead atoms. The van der Waals surface area contributed by atoms with Crippen LogP contribution in [0.25, 0.3) is 0 Å². The highest BCUT2D eigenvalue weighted by Crippen LogP contribution is 2.13. The Hall–Kier alpha value is -7.09. The van der Waals surface area contributed by atoms with Gasteiger partial charge in [-0.15, -0.1) is 0 Å². The molecule has 0 aromatic carbocycles. The van der Waals surface area contributed by atoms with Crippen LogP contribution in [0.15, 0.2) is 0 Å². The molecule has 0 saturated carbocycles. The fourth-order valence-corrected chi connectivity index (χ4v) is 9.01. The van der Waals surface area contributed by atoms with Crippen molar-refractivity contribution in [2.24, 2.45) is 52.2 Å². The fraction of sp³-hybridized carbons (Fsp3) is 0.780. The van der Waals surface area contributed by atoms with Crippen molar-refractivity contribution in [1.82, 2.24) is 63.8 Å². The summed E-state index contributed by atoms with van der Waals surface area (Å²) in [6, 6.07) is -14.1. The van der Waals surface area contributed by atoms with Gasteiger partial charge in [-0.3, -0.25) is 62.3 Å². The lowest BCUT2D eigenvalue weighted by atomic mass is 10.00. The van der Waals surface area contributed by atoms with Crippen molar-refractivity contribution >= 4 is 76.8 Å². The molecule has 0 unspecified atom stereocenters. The summed E-state index contributed by atoms with van der Waals surface area (Å²) in [6.07, 6.45) is 4.20. The zero-order chi connectivity index (χ0) is 68.8. The lowest BCUT2D eigenvalue weighted by Crippen LogP contribution is -2.60. The zero-order valence-corrected chi connectivity index (χ0v) is 55.1. The van der Waals surface area contributed by atoms with Crippen molar-refractivity contribution in [1.29, 1.82) is 0 Å². The number of nitrogens with two attached hydrogens (primary N) is 6. The Balaban J connectivity index is 6.55. The summed E-state index contributed by atoms with van der Waals surface area (Å²) < 4.78 is 0. The van der Waals surface area contributed by atoms with Gasteiger partial charge in [-0.25, -0.2) is 0 Å². The summed E-state index contributed by atoms with van der Waals surface area (Å²) in [6.45, 7) is 18.6. The monoisotopic (exact) mass is 1280 g/mol. The first kappa shape index (κ1) is 82.9. The van der Waals surface area contributed by atoms with Crippen LogP contribution < -0.4 is 98.2 Å². The van der Waals surface area contributed by atoms with Crippen LogP contribution in [0.2, 0.25) is 0 Å². The number of unbranched alkanes of at least 4 members (excludes halogenated alkanes) is 4. The van der Waals surface area contributed by atoms with Crippen molar-refractivity contribution in [2.45, 2.75) is 245 Å². The molecule has 0 aliphatic carbocycles. The van der Waals surface area contributed by atoms with Gasteiger partial charge in [0.05, 0.1) is 12.6 Å². The van der Waals surface area contributed by atoms with Gasteiger partial charge in [0.2, 0.25) is 76.8 Å². The maximum atomic E-state index is 14.3. The molecule has 0 aliphatic rings. The molecule has 0 rings (SSSR count). The van der Waals surface area contributed by atoms with Crippen LogP contribution >= 0.6 is 0 Å². The Morgan fingerprint density at radius 3 is 0.756 bits per heavy atom. The molecule has 31 heteroatoms. The predicted molar refractivity (Wildman–Crippen MR) is 340 cm³/mol. The van der Waals surface area contributed by atoms with Gasteiger partial charge in [-0.2, -0.15) is 0 Å². The normalized spacial score (nSPS) is 15.3. The van der Waals surface area contributed by atoms with Gasteiger partial charge in [0.15, 0.2) is 0 Å². The second-order valence-electron chi connectivity index (χ2n) is 24.3. The summed E-state index contributed by atoms with van der Waals surface area (Å²) in [5, 5.41) is 31.4. The summed E-state index contributed by atoms with van der Waals surface area (Å²) >= 11 is 0. The second-order valence-corrected chi connectivity index (χ2v) is 24.3. The van der Waals surface area contributed by atoms with Crippen LogP contribution in [0.1, 0.15) is 172 Å². The maximum Gasteiger partial charge on any atom is 0.243 e. The zero-order valence-electron chi connectivity index (χ0n) is 55.1. The number of carbonyl (C=O) groups excluding carboxylic acids is 13. The average Bonchev–Trinajstić information content (AvgIpc) is 3.46. The Bertz CT molecular complexity index is 2310. The first-order chi connectivity index (χ1) is 42.2. The molecule has 31 nitrogen and oxygen atoms in total. The van der Waals surface area contributed by atoms with Crippen molar-refractivity contribution < 1.29 is 62.3 Å². The van der Waals surface area contributed by atoms with E-state index < -0.39 is 156 Å². The molecule has 0 heterocycles. The molecule has 0 aromatic heterocycles. The second kappa shape index (κ2) is 45.2. The first-order valence-electron chi connectivity index (χ1n) is 31.7. The SMILES string of the molecule is CC(C)C[C@H](NC(=O)[C@H](C)NC(=O)[C@H](CCCCN)NC(=O)[C@H](CCCCN)NC(=O)[C@H](CC(C)C)NC(=O)[C@H](C)NC(=O)[C@H](CCCCN)NC(=O)[C@H](C)NC(=O)[C@H](C)NC(=O)[C@H](C)N)C(=O)N[C@@H](CCCCN)C(=O)N[C@@H](CC(C)C)C(=O)NCC(N)=O. The van der Waals surface area contributed by atoms with E-state index in [0.717, 1.165) is 0 Å². The number of amides is 13. The van der Waals surface area contributed by atoms with Crippen LogP contribution in [-0.4, -0.2) is 182 Å². The molecule has 0 radical (unpaired) electrons. The van der Waals surface area contributed by atoms with E-state index in [4.69, 9.17) is 34.4 Å². The maximum absolute atomic E-state index is 14.3. The summed E-state index contributed by atoms with van der Waals surface area (Å²) in [5.41, 5.74) is 33.8. The van der Waals surface area contributed by atoms with E-state index in [1.54, 1.807) is 13.8 Å². The fourth-order valence-electron chi connectivity index (χ4n) is 9.01. The van der Waals surface area contributed by atoms with E-state index in [-0.39, 0.29) is 75.8 Å². The summed E-state index contributed by atoms with van der Waals surface area (Å²) in [7, 11) is 0. The number of primary amides is 1. The average molecular weight is 1280 g/mol. The van der Waals surface area contributed by atoms with Crippen LogP contribution in [0.4, 0.5) is 0 Å². The summed E-state index contributed by atoms with van der Waals surface area (Å²) in [4.78, 5) is 175. The number of rotatable bonds is 47. The van der Waals surface area contributed by atoms with Gasteiger partial charge in [0.1, 0.15) is 66.5 Å². The van der Waals surface area contributed by atoms with Gasteiger partial charge < -0.3 is 98.2 Å². The van der Waals surface area contributed by atoms with Gasteiger partial charge in [-0.05, 0) is 175 Å². The third-order valence-corrected chi connectivity index (χ3v) is 14.2. The van der Waals surface area contributed by atoms with Crippen molar-refractivity contribution in [3.05, 3.63) is 0 Å². The third kappa shape index (κ3) is 34.8. The molecule has 516 valence electrons. The van der Waals surface area contributed by atoms with E-state index in [1.807, 2.05) is 27.7 Å². The lowest BCUT2D eigenvalue weighted by molar-refractivity contribution is -0.136. The summed E-state index contributed by atoms with van der Waals surface area (Å²) in [5.74, 6) is -9.83. The minimum Gasteiger partial charge on any atom is -0.368 e. The highest BCUT2D eigenvalue weighted by Gasteiger charge is 2.35. The molecule has 0 aliphatic heterocycles. The molecule has 90 heavy (non-hydrogen) atoms. The van der Waals surface area contributed by atoms with Crippen molar-refractivity contribution in [3.8, 4) is 0 Å². The standard InChI is InChI=1S/C59H112N18O13/c1-32(2)28-44(53(84)66-31-47(65)78)77-57(88)43(23-15-19-27-63)74-59(90)46(30-34(5)6)76-52(83)39(11)70-55(86)41(21-13-17-25-61)72-56(87)42(22-14-18-26-62)73-58(89)45(29-33(3)4)75-51(82)38(10)69-54(85)40(20-12-16-24-60)71-50(81)37(9)68-49(80)36(8)67-48(79)35(7)64/h32-46H,12-31,60-64H2,1-11H3,(H2,65,78)(H,66,84)(H,67,79)(H,68,80)(H,69,85)(H,70,86)(H,71,81)(H,72,87)(H,73,89)(H,74,90)(H,75,82)(H,76,83)(H,77,88)/t35-,36-,37-,38-,39-,40-,41-,42-,43-,44-,45-,46-/m0/s1. The van der Waals surface area contributed by atoms with E-state index in [2.05, 4.69) is 63.8 Å². The Labute approximate surface area is 531 Å². The Morgan fingerprint density at radius 1 is 0.278 bits per heavy atom. The third-order valence-electron chi connectivity index (χ3n) is 14.2. The van der Waals surface area contributed by atoms with Crippen LogP contribution in [0, 0.1) is 17.8 Å². The molecule has 0 fully saturated rings. The Morgan fingerprint density at radius 2 is 0.489 bits per heavy atom.